The van der Waals surface area contributed by atoms with E-state index in [2.05, 4.69) is 40.3 Å². The van der Waals surface area contributed by atoms with E-state index in [1.54, 1.807) is 7.11 Å². The van der Waals surface area contributed by atoms with Crippen LogP contribution in [-0.2, 0) is 11.2 Å². The van der Waals surface area contributed by atoms with Gasteiger partial charge in [-0.3, -0.25) is 0 Å². The van der Waals surface area contributed by atoms with Gasteiger partial charge < -0.3 is 14.8 Å². The van der Waals surface area contributed by atoms with Gasteiger partial charge in [0.15, 0.2) is 0 Å². The van der Waals surface area contributed by atoms with E-state index >= 15 is 0 Å². The predicted molar refractivity (Wildman–Crippen MR) is 90.1 cm³/mol. The van der Waals surface area contributed by atoms with E-state index in [4.69, 9.17) is 9.47 Å². The van der Waals surface area contributed by atoms with Gasteiger partial charge in [0, 0.05) is 12.6 Å². The van der Waals surface area contributed by atoms with E-state index in [0.717, 1.165) is 36.2 Å². The third-order valence-electron chi connectivity index (χ3n) is 4.01. The lowest BCUT2D eigenvalue weighted by atomic mass is 9.97. The Morgan fingerprint density at radius 3 is 2.90 bits per heavy atom. The Morgan fingerprint density at radius 2 is 2.29 bits per heavy atom. The monoisotopic (exact) mass is 355 g/mol. The van der Waals surface area contributed by atoms with E-state index in [1.807, 2.05) is 6.07 Å². The van der Waals surface area contributed by atoms with Crippen LogP contribution in [0.15, 0.2) is 22.7 Å². The highest BCUT2D eigenvalue weighted by Gasteiger charge is 2.19. The zero-order valence-corrected chi connectivity index (χ0v) is 14.6. The van der Waals surface area contributed by atoms with E-state index in [9.17, 15) is 0 Å². The number of likely N-dealkylation sites (N-methyl/N-ethyl adjacent to an activating group) is 1. The van der Waals surface area contributed by atoms with Crippen molar-refractivity contribution in [3.05, 3.63) is 28.2 Å². The van der Waals surface area contributed by atoms with Crippen LogP contribution >= 0.6 is 15.9 Å². The molecular formula is C17H26BrNO2. The van der Waals surface area contributed by atoms with E-state index in [-0.39, 0.29) is 0 Å². The maximum Gasteiger partial charge on any atom is 0.133 e. The fourth-order valence-electron chi connectivity index (χ4n) is 2.96. The number of ether oxygens (including phenoxy) is 2. The van der Waals surface area contributed by atoms with Gasteiger partial charge in [0.05, 0.1) is 17.7 Å². The molecule has 2 rings (SSSR count). The highest BCUT2D eigenvalue weighted by Crippen LogP contribution is 2.26. The molecule has 0 saturated carbocycles. The van der Waals surface area contributed by atoms with Gasteiger partial charge in [-0.1, -0.05) is 13.0 Å². The molecule has 1 aliphatic heterocycles. The van der Waals surface area contributed by atoms with Crippen molar-refractivity contribution in [3.63, 3.8) is 0 Å². The lowest BCUT2D eigenvalue weighted by Crippen LogP contribution is -2.36. The Kier molecular flexibility index (Phi) is 7.00. The lowest BCUT2D eigenvalue weighted by molar-refractivity contribution is 0.00535. The van der Waals surface area contributed by atoms with Gasteiger partial charge >= 0.3 is 0 Å². The Labute approximate surface area is 136 Å². The number of hydrogen-bond donors (Lipinski definition) is 1. The molecule has 0 radical (unpaired) electrons. The van der Waals surface area contributed by atoms with Crippen LogP contribution in [0.1, 0.15) is 38.2 Å². The Balaban J connectivity index is 1.96. The molecule has 0 spiro atoms. The molecule has 0 amide bonds. The molecular weight excluding hydrogens is 330 g/mol. The van der Waals surface area contributed by atoms with E-state index in [0.29, 0.717) is 12.1 Å². The first-order chi connectivity index (χ1) is 10.2. The average Bonchev–Trinajstić information content (AvgIpc) is 2.49. The molecule has 1 aromatic carbocycles. The fraction of sp³-hybridized carbons (Fsp3) is 0.647. The van der Waals surface area contributed by atoms with Crippen molar-refractivity contribution in [2.24, 2.45) is 0 Å². The smallest absolute Gasteiger partial charge is 0.133 e. The minimum absolute atomic E-state index is 0.421. The summed E-state index contributed by atoms with van der Waals surface area (Å²) in [6.45, 7) is 4.09. The third kappa shape index (κ3) is 5.28. The highest BCUT2D eigenvalue weighted by molar-refractivity contribution is 9.10. The van der Waals surface area contributed by atoms with Crippen LogP contribution in [0.2, 0.25) is 0 Å². The third-order valence-corrected chi connectivity index (χ3v) is 4.63. The molecule has 21 heavy (non-hydrogen) atoms. The van der Waals surface area contributed by atoms with Crippen molar-refractivity contribution >= 4 is 15.9 Å². The maximum absolute atomic E-state index is 5.88. The van der Waals surface area contributed by atoms with Gasteiger partial charge in [0.2, 0.25) is 0 Å². The van der Waals surface area contributed by atoms with E-state index in [1.165, 1.54) is 24.8 Å². The Morgan fingerprint density at radius 1 is 1.43 bits per heavy atom. The zero-order valence-electron chi connectivity index (χ0n) is 13.0. The highest BCUT2D eigenvalue weighted by atomic mass is 79.9. The summed E-state index contributed by atoms with van der Waals surface area (Å²) in [5.41, 5.74) is 1.32. The van der Waals surface area contributed by atoms with Gasteiger partial charge in [0.1, 0.15) is 5.75 Å². The molecule has 118 valence electrons. The predicted octanol–water partition coefficient (Wildman–Crippen LogP) is 3.94. The topological polar surface area (TPSA) is 30.5 Å². The van der Waals surface area contributed by atoms with Crippen molar-refractivity contribution in [3.8, 4) is 5.75 Å². The first kappa shape index (κ1) is 16.8. The number of methoxy groups -OCH3 is 1. The molecule has 0 aromatic heterocycles. The SMILES string of the molecule is CCNC(Cc1ccc(OC)c(Br)c1)CC1CCCCO1. The summed E-state index contributed by atoms with van der Waals surface area (Å²) < 4.78 is 12.2. The van der Waals surface area contributed by atoms with Gasteiger partial charge in [-0.2, -0.15) is 0 Å². The molecule has 2 unspecified atom stereocenters. The van der Waals surface area contributed by atoms with Crippen LogP contribution in [0.3, 0.4) is 0 Å². The molecule has 1 aliphatic rings. The molecule has 1 N–H and O–H groups in total. The van der Waals surface area contributed by atoms with Gasteiger partial charge in [0.25, 0.3) is 0 Å². The summed E-state index contributed by atoms with van der Waals surface area (Å²) in [6.07, 6.45) is 6.26. The number of nitrogens with one attached hydrogen (secondary N) is 1. The molecule has 1 fully saturated rings. The Hall–Kier alpha value is -0.580. The molecule has 1 heterocycles. The molecule has 2 atom stereocenters. The maximum atomic E-state index is 5.88. The molecule has 0 aliphatic carbocycles. The second-order valence-corrected chi connectivity index (χ2v) is 6.51. The van der Waals surface area contributed by atoms with E-state index < -0.39 is 0 Å². The van der Waals surface area contributed by atoms with Crippen molar-refractivity contribution in [2.75, 3.05) is 20.3 Å². The molecule has 1 aromatic rings. The molecule has 3 nitrogen and oxygen atoms in total. The number of rotatable bonds is 7. The second kappa shape index (κ2) is 8.76. The summed E-state index contributed by atoms with van der Waals surface area (Å²) in [4.78, 5) is 0. The summed E-state index contributed by atoms with van der Waals surface area (Å²) in [5.74, 6) is 0.884. The van der Waals surface area contributed by atoms with Crippen LogP contribution in [-0.4, -0.2) is 32.4 Å². The second-order valence-electron chi connectivity index (χ2n) is 5.65. The van der Waals surface area contributed by atoms with Gasteiger partial charge in [-0.05, 0) is 72.3 Å². The zero-order chi connectivity index (χ0) is 15.1. The van der Waals surface area contributed by atoms with Crippen molar-refractivity contribution < 1.29 is 9.47 Å². The molecule has 1 saturated heterocycles. The van der Waals surface area contributed by atoms with Crippen LogP contribution < -0.4 is 10.1 Å². The van der Waals surface area contributed by atoms with Crippen LogP contribution in [0.25, 0.3) is 0 Å². The largest absolute Gasteiger partial charge is 0.496 e. The first-order valence-corrected chi connectivity index (χ1v) is 8.69. The van der Waals surface area contributed by atoms with Gasteiger partial charge in [-0.15, -0.1) is 0 Å². The molecule has 0 bridgehead atoms. The minimum atomic E-state index is 0.421. The number of benzene rings is 1. The fourth-order valence-corrected chi connectivity index (χ4v) is 3.55. The first-order valence-electron chi connectivity index (χ1n) is 7.90. The summed E-state index contributed by atoms with van der Waals surface area (Å²) in [6, 6.07) is 6.80. The minimum Gasteiger partial charge on any atom is -0.496 e. The van der Waals surface area contributed by atoms with Crippen molar-refractivity contribution in [2.45, 2.75) is 51.2 Å². The van der Waals surface area contributed by atoms with Crippen LogP contribution in [0.4, 0.5) is 0 Å². The summed E-state index contributed by atoms with van der Waals surface area (Å²) >= 11 is 3.56. The van der Waals surface area contributed by atoms with Crippen LogP contribution in [0.5, 0.6) is 5.75 Å². The van der Waals surface area contributed by atoms with Crippen LogP contribution in [0, 0.1) is 0 Å². The number of hydrogen-bond acceptors (Lipinski definition) is 3. The van der Waals surface area contributed by atoms with Crippen molar-refractivity contribution in [1.29, 1.82) is 0 Å². The Bertz CT molecular complexity index is 433. The summed E-state index contributed by atoms with van der Waals surface area (Å²) in [5, 5.41) is 3.60. The summed E-state index contributed by atoms with van der Waals surface area (Å²) in [7, 11) is 1.70. The quantitative estimate of drug-likeness (QED) is 0.803. The van der Waals surface area contributed by atoms with Gasteiger partial charge in [-0.25, -0.2) is 0 Å². The standard InChI is InChI=1S/C17H26BrNO2/c1-3-19-14(12-15-6-4-5-9-21-15)10-13-7-8-17(20-2)16(18)11-13/h7-8,11,14-15,19H,3-6,9-10,12H2,1-2H3. The molecule has 4 heteroatoms. The van der Waals surface area contributed by atoms with Crippen molar-refractivity contribution in [1.82, 2.24) is 5.32 Å². The number of halogens is 1. The lowest BCUT2D eigenvalue weighted by Gasteiger charge is -2.27. The normalized spacial score (nSPS) is 20.2. The average molecular weight is 356 g/mol.